The summed E-state index contributed by atoms with van der Waals surface area (Å²) < 4.78 is 23.2. The first kappa shape index (κ1) is 35.4. The second kappa shape index (κ2) is 15.6. The number of nitrogens with one attached hydrogen (secondary N) is 1. The molecule has 48 heavy (non-hydrogen) atoms. The van der Waals surface area contributed by atoms with Crippen LogP contribution in [-0.4, -0.2) is 58.3 Å². The lowest BCUT2D eigenvalue weighted by Gasteiger charge is -2.29. The van der Waals surface area contributed by atoms with E-state index in [9.17, 15) is 14.8 Å². The zero-order valence-corrected chi connectivity index (χ0v) is 29.4. The molecule has 5 rings (SSSR count). The molecule has 2 heterocycles. The van der Waals surface area contributed by atoms with Gasteiger partial charge in [0, 0.05) is 30.0 Å². The maximum atomic E-state index is 13.6. The standard InChI is InChI=1S/C35H37Cl2N3O7S/c1-39(2)15-16-46-34(42)35(14-13-22-7-5-6-8-26(22)35)38-19-24-10-12-32(48-24)33(41)47-30(18-25-27(36)20-40(43)21-28(25)37)23-9-11-29(44-3)31(17-23)45-4/h5-12,17,20-21,30,38H,13-16,18-19H2,1-4H3/t30-,35?/m0/s1. The van der Waals surface area contributed by atoms with E-state index in [0.717, 1.165) is 22.4 Å². The highest BCUT2D eigenvalue weighted by molar-refractivity contribution is 7.13. The van der Waals surface area contributed by atoms with Crippen LogP contribution in [0.3, 0.4) is 0 Å². The zero-order valence-electron chi connectivity index (χ0n) is 27.1. The molecule has 4 aromatic rings. The Hall–Kier alpha value is -3.87. The number of hydrogen-bond donors (Lipinski definition) is 1. The van der Waals surface area contributed by atoms with Gasteiger partial charge in [-0.25, -0.2) is 9.59 Å². The number of methoxy groups -OCH3 is 2. The van der Waals surface area contributed by atoms with E-state index in [1.807, 2.05) is 49.3 Å². The maximum absolute atomic E-state index is 13.6. The van der Waals surface area contributed by atoms with Crippen molar-refractivity contribution in [3.8, 4) is 11.5 Å². The third-order valence-corrected chi connectivity index (χ3v) is 9.99. The molecule has 1 aliphatic carbocycles. The van der Waals surface area contributed by atoms with Crippen molar-refractivity contribution in [3.05, 3.63) is 114 Å². The second-order valence-electron chi connectivity index (χ2n) is 11.6. The molecule has 1 unspecified atom stereocenters. The maximum Gasteiger partial charge on any atom is 0.348 e. The Bertz CT molecular complexity index is 1760. The highest BCUT2D eigenvalue weighted by Gasteiger charge is 2.46. The van der Waals surface area contributed by atoms with Crippen LogP contribution in [0, 0.1) is 5.21 Å². The van der Waals surface area contributed by atoms with E-state index in [1.165, 1.54) is 38.0 Å². The molecule has 13 heteroatoms. The number of hydrogen-bond acceptors (Lipinski definition) is 10. The van der Waals surface area contributed by atoms with Crippen molar-refractivity contribution in [2.24, 2.45) is 0 Å². The van der Waals surface area contributed by atoms with Crippen LogP contribution < -0.4 is 19.5 Å². The number of aryl methyl sites for hydroxylation is 1. The van der Waals surface area contributed by atoms with Gasteiger partial charge >= 0.3 is 11.9 Å². The van der Waals surface area contributed by atoms with Crippen molar-refractivity contribution in [1.29, 1.82) is 0 Å². The van der Waals surface area contributed by atoms with E-state index >= 15 is 0 Å². The summed E-state index contributed by atoms with van der Waals surface area (Å²) in [5, 5.41) is 15.6. The van der Waals surface area contributed by atoms with E-state index in [1.54, 1.807) is 24.3 Å². The van der Waals surface area contributed by atoms with E-state index in [2.05, 4.69) is 5.32 Å². The molecular formula is C35H37Cl2N3O7S. The largest absolute Gasteiger partial charge is 0.619 e. The van der Waals surface area contributed by atoms with Gasteiger partial charge < -0.3 is 29.1 Å². The Balaban J connectivity index is 1.36. The smallest absolute Gasteiger partial charge is 0.348 e. The van der Waals surface area contributed by atoms with Crippen LogP contribution in [0.5, 0.6) is 11.5 Å². The fourth-order valence-corrected chi connectivity index (χ4v) is 7.15. The number of fused-ring (bicyclic) bond motifs is 1. The Kier molecular flexibility index (Phi) is 11.5. The van der Waals surface area contributed by atoms with Crippen LogP contribution in [-0.2, 0) is 39.2 Å². The molecule has 10 nitrogen and oxygen atoms in total. The summed E-state index contributed by atoms with van der Waals surface area (Å²) in [6, 6.07) is 16.6. The molecule has 0 saturated carbocycles. The Morgan fingerprint density at radius 2 is 1.77 bits per heavy atom. The zero-order chi connectivity index (χ0) is 34.4. The summed E-state index contributed by atoms with van der Waals surface area (Å²) in [6.07, 6.45) is 2.96. The first-order valence-electron chi connectivity index (χ1n) is 15.3. The van der Waals surface area contributed by atoms with Gasteiger partial charge in [-0.05, 0) is 67.9 Å². The molecule has 254 valence electrons. The van der Waals surface area contributed by atoms with Crippen LogP contribution in [0.15, 0.2) is 67.0 Å². The molecule has 0 fully saturated rings. The summed E-state index contributed by atoms with van der Waals surface area (Å²) in [6.45, 7) is 1.23. The summed E-state index contributed by atoms with van der Waals surface area (Å²) in [5.41, 5.74) is 2.08. The van der Waals surface area contributed by atoms with Gasteiger partial charge in [-0.2, -0.15) is 4.73 Å². The summed E-state index contributed by atoms with van der Waals surface area (Å²) in [5.74, 6) is 0.0843. The lowest BCUT2D eigenvalue weighted by Crippen LogP contribution is -2.48. The molecule has 0 radical (unpaired) electrons. The van der Waals surface area contributed by atoms with Gasteiger partial charge in [-0.1, -0.05) is 53.5 Å². The number of likely N-dealkylation sites (N-methyl/N-ethyl adjacent to an activating group) is 1. The Labute approximate surface area is 293 Å². The van der Waals surface area contributed by atoms with Gasteiger partial charge in [0.05, 0.1) is 14.2 Å². The Morgan fingerprint density at radius 3 is 2.48 bits per heavy atom. The number of nitrogens with zero attached hydrogens (tertiary/aromatic N) is 2. The molecule has 2 aromatic carbocycles. The third-order valence-electron chi connectivity index (χ3n) is 8.27. The number of benzene rings is 2. The van der Waals surface area contributed by atoms with Crippen LogP contribution >= 0.6 is 34.5 Å². The molecule has 0 bridgehead atoms. The average molecular weight is 715 g/mol. The first-order chi connectivity index (χ1) is 23.0. The molecule has 0 saturated heterocycles. The number of thiophene rings is 1. The predicted octanol–water partition coefficient (Wildman–Crippen LogP) is 5.88. The molecule has 2 aromatic heterocycles. The highest BCUT2D eigenvalue weighted by Crippen LogP contribution is 2.39. The van der Waals surface area contributed by atoms with Gasteiger partial charge in [0.1, 0.15) is 33.2 Å². The summed E-state index contributed by atoms with van der Waals surface area (Å²) in [4.78, 5) is 30.4. The predicted molar refractivity (Wildman–Crippen MR) is 184 cm³/mol. The fraction of sp³-hybridized carbons (Fsp3) is 0.343. The highest BCUT2D eigenvalue weighted by atomic mass is 35.5. The molecule has 0 spiro atoms. The molecule has 2 atom stereocenters. The SMILES string of the molecule is COc1ccc([C@H](Cc2c(Cl)c[n+]([O-])cc2Cl)OC(=O)c2ccc(CNC3(C(=O)OCCN(C)C)CCc4ccccc43)s2)cc1OC. The molecule has 1 aliphatic rings. The number of halogens is 2. The minimum Gasteiger partial charge on any atom is -0.619 e. The lowest BCUT2D eigenvalue weighted by atomic mass is 9.91. The van der Waals surface area contributed by atoms with Crippen LogP contribution in [0.2, 0.25) is 10.0 Å². The van der Waals surface area contributed by atoms with Gasteiger partial charge in [0.25, 0.3) is 0 Å². The number of carbonyl (C=O) groups excluding carboxylic acids is 2. The molecular weight excluding hydrogens is 677 g/mol. The van der Waals surface area contributed by atoms with Gasteiger partial charge in [0.15, 0.2) is 23.9 Å². The van der Waals surface area contributed by atoms with Gasteiger partial charge in [-0.3, -0.25) is 5.32 Å². The van der Waals surface area contributed by atoms with E-state index in [4.69, 9.17) is 42.1 Å². The van der Waals surface area contributed by atoms with Crippen molar-refractivity contribution in [2.75, 3.05) is 41.5 Å². The summed E-state index contributed by atoms with van der Waals surface area (Å²) in [7, 11) is 6.90. The van der Waals surface area contributed by atoms with Crippen molar-refractivity contribution >= 4 is 46.5 Å². The number of aromatic nitrogens is 1. The minimum atomic E-state index is -0.997. The van der Waals surface area contributed by atoms with Crippen molar-refractivity contribution in [3.63, 3.8) is 0 Å². The fourth-order valence-electron chi connectivity index (χ4n) is 5.72. The van der Waals surface area contributed by atoms with Crippen molar-refractivity contribution in [1.82, 2.24) is 10.2 Å². The Morgan fingerprint density at radius 1 is 1.04 bits per heavy atom. The molecule has 1 N–H and O–H groups in total. The van der Waals surface area contributed by atoms with E-state index < -0.39 is 17.6 Å². The minimum absolute atomic E-state index is 0.0946. The number of ether oxygens (including phenoxy) is 4. The van der Waals surface area contributed by atoms with Crippen molar-refractivity contribution < 1.29 is 33.3 Å². The van der Waals surface area contributed by atoms with Crippen molar-refractivity contribution in [2.45, 2.75) is 37.5 Å². The van der Waals surface area contributed by atoms with Crippen LogP contribution in [0.1, 0.15) is 49.3 Å². The third kappa shape index (κ3) is 7.88. The van der Waals surface area contributed by atoms with Crippen LogP contribution in [0.4, 0.5) is 0 Å². The molecule has 0 amide bonds. The summed E-state index contributed by atoms with van der Waals surface area (Å²) >= 11 is 14.1. The van der Waals surface area contributed by atoms with Gasteiger partial charge in [-0.15, -0.1) is 11.3 Å². The quantitative estimate of drug-likeness (QED) is 0.0972. The van der Waals surface area contributed by atoms with Gasteiger partial charge in [0.2, 0.25) is 0 Å². The first-order valence-corrected chi connectivity index (χ1v) is 16.9. The number of carbonyl (C=O) groups is 2. The second-order valence-corrected chi connectivity index (χ2v) is 13.6. The van der Waals surface area contributed by atoms with Crippen LogP contribution in [0.25, 0.3) is 0 Å². The normalized spacial score (nSPS) is 16.0. The average Bonchev–Trinajstić information content (AvgIpc) is 3.70. The number of rotatable bonds is 14. The number of esters is 2. The monoisotopic (exact) mass is 713 g/mol. The number of pyridine rings is 1. The topological polar surface area (TPSA) is 113 Å². The molecule has 0 aliphatic heterocycles. The van der Waals surface area contributed by atoms with E-state index in [0.29, 0.717) is 51.7 Å². The lowest BCUT2D eigenvalue weighted by molar-refractivity contribution is -0.605. The van der Waals surface area contributed by atoms with E-state index in [-0.39, 0.29) is 29.0 Å².